The number of ether oxygens (including phenoxy) is 1. The Labute approximate surface area is 195 Å². The van der Waals surface area contributed by atoms with Crippen LogP contribution < -0.4 is 4.74 Å². The van der Waals surface area contributed by atoms with Crippen molar-refractivity contribution < 1.29 is 17.9 Å². The second-order valence-electron chi connectivity index (χ2n) is 7.72. The smallest absolute Gasteiger partial charge is 0.243 e. The maximum atomic E-state index is 12.7. The fourth-order valence-electron chi connectivity index (χ4n) is 3.89. The molecule has 33 heavy (non-hydrogen) atoms. The van der Waals surface area contributed by atoms with E-state index in [9.17, 15) is 13.2 Å². The predicted octanol–water partition coefficient (Wildman–Crippen LogP) is 4.40. The number of nitrogens with zero attached hydrogens (tertiary/aromatic N) is 3. The van der Waals surface area contributed by atoms with E-state index in [1.54, 1.807) is 0 Å². The molecule has 7 nitrogen and oxygen atoms in total. The second-order valence-corrected chi connectivity index (χ2v) is 10.5. The summed E-state index contributed by atoms with van der Waals surface area (Å²) in [6.07, 6.45) is 3.17. The van der Waals surface area contributed by atoms with E-state index in [2.05, 4.69) is 9.97 Å². The van der Waals surface area contributed by atoms with Crippen molar-refractivity contribution in [1.82, 2.24) is 14.3 Å². The zero-order valence-corrected chi connectivity index (χ0v) is 19.3. The first-order valence-corrected chi connectivity index (χ1v) is 12.9. The lowest BCUT2D eigenvalue weighted by molar-refractivity contribution is 0.0919. The van der Waals surface area contributed by atoms with Crippen LogP contribution in [-0.4, -0.2) is 48.2 Å². The van der Waals surface area contributed by atoms with Gasteiger partial charge in [-0.25, -0.2) is 18.4 Å². The maximum Gasteiger partial charge on any atom is 0.243 e. The lowest BCUT2D eigenvalue weighted by atomic mass is 10.1. The van der Waals surface area contributed by atoms with Crippen LogP contribution >= 0.6 is 11.3 Å². The van der Waals surface area contributed by atoms with E-state index in [0.717, 1.165) is 34.2 Å². The molecule has 168 valence electrons. The molecule has 4 aromatic rings. The minimum Gasteiger partial charge on any atom is -0.469 e. The maximum absolute atomic E-state index is 12.7. The molecule has 0 spiro atoms. The van der Waals surface area contributed by atoms with Gasteiger partial charge in [0.25, 0.3) is 0 Å². The normalized spacial score (nSPS) is 14.5. The number of benzene rings is 2. The Morgan fingerprint density at radius 1 is 1.00 bits per heavy atom. The van der Waals surface area contributed by atoms with E-state index in [1.165, 1.54) is 46.2 Å². The number of aromatic nitrogens is 2. The molecule has 0 radical (unpaired) electrons. The van der Waals surface area contributed by atoms with Gasteiger partial charge in [0.2, 0.25) is 15.9 Å². The summed E-state index contributed by atoms with van der Waals surface area (Å²) in [5.41, 5.74) is 2.36. The molecule has 0 aliphatic carbocycles. The third-order valence-electron chi connectivity index (χ3n) is 5.64. The summed E-state index contributed by atoms with van der Waals surface area (Å²) in [5, 5.41) is 2.77. The molecule has 0 atom stereocenters. The zero-order chi connectivity index (χ0) is 22.8. The molecule has 3 heterocycles. The number of carbonyl (C=O) groups is 1. The lowest BCUT2D eigenvalue weighted by Crippen LogP contribution is -2.27. The van der Waals surface area contributed by atoms with Gasteiger partial charge in [0.15, 0.2) is 12.4 Å². The molecule has 2 aromatic heterocycles. The molecule has 1 aliphatic rings. The molecule has 0 amide bonds. The minimum atomic E-state index is -3.51. The van der Waals surface area contributed by atoms with Crippen molar-refractivity contribution in [3.05, 3.63) is 71.9 Å². The summed E-state index contributed by atoms with van der Waals surface area (Å²) in [6.45, 7) is 0.865. The number of carbonyl (C=O) groups excluding carboxylic acids is 1. The van der Waals surface area contributed by atoms with Gasteiger partial charge in [-0.15, -0.1) is 11.3 Å². The highest BCUT2D eigenvalue weighted by Crippen LogP contribution is 2.37. The quantitative estimate of drug-likeness (QED) is 0.365. The highest BCUT2D eigenvalue weighted by molar-refractivity contribution is 7.89. The Morgan fingerprint density at radius 3 is 2.45 bits per heavy atom. The fourth-order valence-corrected chi connectivity index (χ4v) is 6.32. The first-order valence-electron chi connectivity index (χ1n) is 10.6. The summed E-state index contributed by atoms with van der Waals surface area (Å²) in [5.74, 6) is 0.0880. The van der Waals surface area contributed by atoms with Crippen LogP contribution in [0.1, 0.15) is 23.2 Å². The van der Waals surface area contributed by atoms with Crippen molar-refractivity contribution in [1.29, 1.82) is 0 Å². The Kier molecular flexibility index (Phi) is 5.92. The van der Waals surface area contributed by atoms with Crippen molar-refractivity contribution in [3.63, 3.8) is 0 Å². The van der Waals surface area contributed by atoms with Gasteiger partial charge in [-0.1, -0.05) is 30.3 Å². The van der Waals surface area contributed by atoms with Gasteiger partial charge in [-0.2, -0.15) is 4.31 Å². The summed E-state index contributed by atoms with van der Waals surface area (Å²) in [7, 11) is -3.51. The first kappa shape index (κ1) is 21.7. The van der Waals surface area contributed by atoms with Gasteiger partial charge in [0.1, 0.15) is 11.2 Å². The third kappa shape index (κ3) is 4.27. The number of hydrogen-bond acceptors (Lipinski definition) is 7. The minimum absolute atomic E-state index is 0.199. The molecule has 5 rings (SSSR count). The van der Waals surface area contributed by atoms with E-state index in [1.807, 2.05) is 35.7 Å². The van der Waals surface area contributed by atoms with Crippen LogP contribution in [0.4, 0.5) is 0 Å². The largest absolute Gasteiger partial charge is 0.469 e. The molecule has 0 bridgehead atoms. The number of ketones is 1. The predicted molar refractivity (Wildman–Crippen MR) is 127 cm³/mol. The zero-order valence-electron chi connectivity index (χ0n) is 17.7. The van der Waals surface area contributed by atoms with Crippen molar-refractivity contribution in [2.45, 2.75) is 17.7 Å². The van der Waals surface area contributed by atoms with Crippen LogP contribution in [0.3, 0.4) is 0 Å². The second kappa shape index (κ2) is 9.01. The van der Waals surface area contributed by atoms with Gasteiger partial charge < -0.3 is 4.74 Å². The highest BCUT2D eigenvalue weighted by Gasteiger charge is 2.27. The topological polar surface area (TPSA) is 89.5 Å². The molecule has 9 heteroatoms. The molecule has 0 saturated carbocycles. The van der Waals surface area contributed by atoms with E-state index < -0.39 is 10.0 Å². The number of Topliss-reactive ketones (excluding diaryl/α,β-unsaturated/α-hetero) is 1. The van der Waals surface area contributed by atoms with Gasteiger partial charge in [0, 0.05) is 29.6 Å². The molecule has 0 unspecified atom stereocenters. The van der Waals surface area contributed by atoms with Crippen molar-refractivity contribution in [3.8, 4) is 17.0 Å². The van der Waals surface area contributed by atoms with Crippen LogP contribution in [0.5, 0.6) is 5.88 Å². The average molecular weight is 480 g/mol. The van der Waals surface area contributed by atoms with E-state index in [4.69, 9.17) is 4.74 Å². The summed E-state index contributed by atoms with van der Waals surface area (Å²) in [6, 6.07) is 15.9. The first-order chi connectivity index (χ1) is 16.0. The van der Waals surface area contributed by atoms with Crippen molar-refractivity contribution in [2.24, 2.45) is 0 Å². The van der Waals surface area contributed by atoms with E-state index in [0.29, 0.717) is 24.5 Å². The van der Waals surface area contributed by atoms with E-state index in [-0.39, 0.29) is 17.3 Å². The van der Waals surface area contributed by atoms with Crippen LogP contribution in [-0.2, 0) is 10.0 Å². The number of rotatable bonds is 7. The SMILES string of the molecule is O=C(COc1ncnc2scc(-c3ccccc3)c12)c1ccc(S(=O)(=O)N2CCCC2)cc1. The number of sulfonamides is 1. The Hall–Kier alpha value is -3.14. The van der Waals surface area contributed by atoms with Crippen molar-refractivity contribution >= 4 is 37.4 Å². The Bertz CT molecular complexity index is 1390. The average Bonchev–Trinajstić information content (AvgIpc) is 3.54. The lowest BCUT2D eigenvalue weighted by Gasteiger charge is -2.15. The molecule has 1 aliphatic heterocycles. The monoisotopic (exact) mass is 479 g/mol. The highest BCUT2D eigenvalue weighted by atomic mass is 32.2. The van der Waals surface area contributed by atoms with Gasteiger partial charge in [0.05, 0.1) is 10.3 Å². The Balaban J connectivity index is 1.34. The van der Waals surface area contributed by atoms with Gasteiger partial charge in [-0.05, 0) is 42.7 Å². The summed E-state index contributed by atoms with van der Waals surface area (Å²) < 4.78 is 32.7. The molecule has 1 fully saturated rings. The van der Waals surface area contributed by atoms with Crippen molar-refractivity contribution in [2.75, 3.05) is 19.7 Å². The number of fused-ring (bicyclic) bond motifs is 1. The molecule has 2 aromatic carbocycles. The standard InChI is InChI=1S/C24H21N3O4S2/c28-21(18-8-10-19(11-9-18)33(29,30)27-12-4-5-13-27)14-31-23-22-20(17-6-2-1-3-7-17)15-32-24(22)26-16-25-23/h1-3,6-11,15-16H,4-5,12-14H2. The van der Waals surface area contributed by atoms with E-state index >= 15 is 0 Å². The van der Waals surface area contributed by atoms with Crippen LogP contribution in [0.2, 0.25) is 0 Å². The molecule has 0 N–H and O–H groups in total. The molecular weight excluding hydrogens is 458 g/mol. The fraction of sp³-hybridized carbons (Fsp3) is 0.208. The van der Waals surface area contributed by atoms with Crippen LogP contribution in [0, 0.1) is 0 Å². The van der Waals surface area contributed by atoms with Gasteiger partial charge >= 0.3 is 0 Å². The van der Waals surface area contributed by atoms with Crippen LogP contribution in [0.15, 0.2) is 71.2 Å². The number of hydrogen-bond donors (Lipinski definition) is 0. The third-order valence-corrected chi connectivity index (χ3v) is 8.44. The number of thiophene rings is 1. The van der Waals surface area contributed by atoms with Gasteiger partial charge in [-0.3, -0.25) is 4.79 Å². The summed E-state index contributed by atoms with van der Waals surface area (Å²) in [4.78, 5) is 22.3. The molecule has 1 saturated heterocycles. The van der Waals surface area contributed by atoms with Crippen LogP contribution in [0.25, 0.3) is 21.3 Å². The Morgan fingerprint density at radius 2 is 1.73 bits per heavy atom. The molecular formula is C24H21N3O4S2. The summed E-state index contributed by atoms with van der Waals surface area (Å²) >= 11 is 1.49.